The second-order valence-electron chi connectivity index (χ2n) is 6.50. The van der Waals surface area contributed by atoms with Gasteiger partial charge in [-0.1, -0.05) is 42.5 Å². The lowest BCUT2D eigenvalue weighted by atomic mass is 9.97. The van der Waals surface area contributed by atoms with Crippen molar-refractivity contribution in [2.75, 3.05) is 26.0 Å². The Bertz CT molecular complexity index is 996. The molecular formula is C22H22N2O3. The molecule has 0 unspecified atom stereocenters. The summed E-state index contributed by atoms with van der Waals surface area (Å²) in [6, 6.07) is 19.5. The summed E-state index contributed by atoms with van der Waals surface area (Å²) in [7, 11) is 3.40. The van der Waals surface area contributed by atoms with Gasteiger partial charge in [-0.05, 0) is 34.5 Å². The van der Waals surface area contributed by atoms with Crippen LogP contribution in [0.25, 0.3) is 21.9 Å². The number of hydrogen-bond donors (Lipinski definition) is 1. The Morgan fingerprint density at radius 1 is 1.00 bits per heavy atom. The van der Waals surface area contributed by atoms with Crippen LogP contribution in [0.4, 0.5) is 5.69 Å². The molecule has 0 aliphatic carbocycles. The van der Waals surface area contributed by atoms with Gasteiger partial charge in [-0.3, -0.25) is 9.59 Å². The molecule has 0 aliphatic rings. The fraction of sp³-hybridized carbons (Fsp3) is 0.182. The van der Waals surface area contributed by atoms with Crippen molar-refractivity contribution in [2.45, 2.75) is 6.92 Å². The molecule has 3 aromatic carbocycles. The molecular weight excluding hydrogens is 340 g/mol. The first-order valence-electron chi connectivity index (χ1n) is 8.68. The quantitative estimate of drug-likeness (QED) is 0.748. The smallest absolute Gasteiger partial charge is 0.259 e. The van der Waals surface area contributed by atoms with Crippen molar-refractivity contribution >= 4 is 28.3 Å². The molecule has 138 valence electrons. The number of hydrogen-bond acceptors (Lipinski definition) is 3. The Balaban J connectivity index is 2.09. The van der Waals surface area contributed by atoms with Crippen LogP contribution < -0.4 is 10.1 Å². The van der Waals surface area contributed by atoms with Crippen LogP contribution in [0.3, 0.4) is 0 Å². The molecule has 0 radical (unpaired) electrons. The summed E-state index contributed by atoms with van der Waals surface area (Å²) in [5, 5.41) is 4.90. The Labute approximate surface area is 158 Å². The van der Waals surface area contributed by atoms with Crippen LogP contribution >= 0.6 is 0 Å². The summed E-state index contributed by atoms with van der Waals surface area (Å²) >= 11 is 0. The van der Waals surface area contributed by atoms with Crippen molar-refractivity contribution in [3.8, 4) is 16.9 Å². The van der Waals surface area contributed by atoms with Gasteiger partial charge in [0.05, 0.1) is 0 Å². The van der Waals surface area contributed by atoms with Crippen LogP contribution in [0.1, 0.15) is 6.92 Å². The summed E-state index contributed by atoms with van der Waals surface area (Å²) in [5.74, 6) is 0.392. The van der Waals surface area contributed by atoms with Gasteiger partial charge in [0.1, 0.15) is 5.75 Å². The number of nitrogens with one attached hydrogen (secondary N) is 1. The number of anilines is 1. The highest BCUT2D eigenvalue weighted by atomic mass is 16.5. The van der Waals surface area contributed by atoms with Crippen molar-refractivity contribution in [1.29, 1.82) is 0 Å². The summed E-state index contributed by atoms with van der Waals surface area (Å²) < 4.78 is 5.87. The maximum atomic E-state index is 12.0. The van der Waals surface area contributed by atoms with E-state index in [2.05, 4.69) is 5.32 Å². The normalized spacial score (nSPS) is 10.5. The van der Waals surface area contributed by atoms with E-state index in [0.29, 0.717) is 11.4 Å². The predicted octanol–water partition coefficient (Wildman–Crippen LogP) is 3.93. The first kappa shape index (κ1) is 18.5. The SMILES string of the molecule is CC(=O)Nc1cccc(-c2c(OCC(=O)N(C)C)ccc3ccccc23)c1. The highest BCUT2D eigenvalue weighted by molar-refractivity contribution is 6.00. The molecule has 3 aromatic rings. The first-order chi connectivity index (χ1) is 13.0. The van der Waals surface area contributed by atoms with E-state index in [1.165, 1.54) is 11.8 Å². The van der Waals surface area contributed by atoms with Gasteiger partial charge in [-0.25, -0.2) is 0 Å². The molecule has 5 heteroatoms. The monoisotopic (exact) mass is 362 g/mol. The van der Waals surface area contributed by atoms with Crippen LogP contribution in [0.15, 0.2) is 60.7 Å². The average Bonchev–Trinajstić information content (AvgIpc) is 2.65. The topological polar surface area (TPSA) is 58.6 Å². The van der Waals surface area contributed by atoms with Gasteiger partial charge in [0.15, 0.2) is 6.61 Å². The van der Waals surface area contributed by atoms with Crippen LogP contribution in [0, 0.1) is 0 Å². The van der Waals surface area contributed by atoms with Crippen LogP contribution in [0.2, 0.25) is 0 Å². The zero-order valence-electron chi connectivity index (χ0n) is 15.7. The molecule has 0 saturated carbocycles. The Morgan fingerprint density at radius 2 is 1.78 bits per heavy atom. The molecule has 0 bridgehead atoms. The molecule has 27 heavy (non-hydrogen) atoms. The zero-order chi connectivity index (χ0) is 19.4. The number of nitrogens with zero attached hydrogens (tertiary/aromatic N) is 1. The van der Waals surface area contributed by atoms with Gasteiger partial charge in [0, 0.05) is 32.3 Å². The van der Waals surface area contributed by atoms with Gasteiger partial charge in [-0.15, -0.1) is 0 Å². The van der Waals surface area contributed by atoms with E-state index >= 15 is 0 Å². The van der Waals surface area contributed by atoms with E-state index in [4.69, 9.17) is 4.74 Å². The predicted molar refractivity (Wildman–Crippen MR) is 108 cm³/mol. The third-order valence-electron chi connectivity index (χ3n) is 4.21. The van der Waals surface area contributed by atoms with Gasteiger partial charge in [-0.2, -0.15) is 0 Å². The maximum Gasteiger partial charge on any atom is 0.259 e. The first-order valence-corrected chi connectivity index (χ1v) is 8.68. The number of likely N-dealkylation sites (N-methyl/N-ethyl adjacent to an activating group) is 1. The minimum Gasteiger partial charge on any atom is -0.483 e. The van der Waals surface area contributed by atoms with Crippen LogP contribution in [-0.4, -0.2) is 37.4 Å². The van der Waals surface area contributed by atoms with E-state index in [9.17, 15) is 9.59 Å². The number of rotatable bonds is 5. The lowest BCUT2D eigenvalue weighted by molar-refractivity contribution is -0.130. The van der Waals surface area contributed by atoms with Crippen LogP contribution in [0.5, 0.6) is 5.75 Å². The largest absolute Gasteiger partial charge is 0.483 e. The fourth-order valence-electron chi connectivity index (χ4n) is 2.89. The van der Waals surface area contributed by atoms with Gasteiger partial charge in [0.2, 0.25) is 5.91 Å². The van der Waals surface area contributed by atoms with Crippen molar-refractivity contribution in [3.05, 3.63) is 60.7 Å². The standard InChI is InChI=1S/C22H22N2O3/c1-15(25)23-18-9-6-8-17(13-18)22-19-10-5-4-7-16(19)11-12-20(22)27-14-21(26)24(2)3/h4-13H,14H2,1-3H3,(H,23,25). The van der Waals surface area contributed by atoms with Gasteiger partial charge < -0.3 is 15.0 Å². The highest BCUT2D eigenvalue weighted by Gasteiger charge is 2.14. The van der Waals surface area contributed by atoms with E-state index in [-0.39, 0.29) is 18.4 Å². The Kier molecular flexibility index (Phi) is 5.41. The second-order valence-corrected chi connectivity index (χ2v) is 6.50. The lowest BCUT2D eigenvalue weighted by Crippen LogP contribution is -2.27. The molecule has 2 amide bonds. The molecule has 0 spiro atoms. The average molecular weight is 362 g/mol. The van der Waals surface area contributed by atoms with Gasteiger partial charge in [0.25, 0.3) is 5.91 Å². The molecule has 5 nitrogen and oxygen atoms in total. The lowest BCUT2D eigenvalue weighted by Gasteiger charge is -2.17. The molecule has 0 aliphatic heterocycles. The maximum absolute atomic E-state index is 12.0. The van der Waals surface area contributed by atoms with E-state index in [0.717, 1.165) is 21.9 Å². The van der Waals surface area contributed by atoms with E-state index < -0.39 is 0 Å². The minimum absolute atomic E-state index is 0.0380. The third kappa shape index (κ3) is 4.26. The minimum atomic E-state index is -0.127. The number of ether oxygens (including phenoxy) is 1. The number of amides is 2. The summed E-state index contributed by atoms with van der Waals surface area (Å²) in [4.78, 5) is 24.9. The Hall–Kier alpha value is -3.34. The van der Waals surface area contributed by atoms with Gasteiger partial charge >= 0.3 is 0 Å². The molecule has 0 aromatic heterocycles. The number of benzene rings is 3. The highest BCUT2D eigenvalue weighted by Crippen LogP contribution is 2.38. The van der Waals surface area contributed by atoms with E-state index in [1.54, 1.807) is 14.1 Å². The third-order valence-corrected chi connectivity index (χ3v) is 4.21. The zero-order valence-corrected chi connectivity index (χ0v) is 15.7. The summed E-state index contributed by atoms with van der Waals surface area (Å²) in [6.07, 6.45) is 0. The second kappa shape index (κ2) is 7.91. The van der Waals surface area contributed by atoms with Crippen LogP contribution in [-0.2, 0) is 9.59 Å². The van der Waals surface area contributed by atoms with Crippen molar-refractivity contribution in [3.63, 3.8) is 0 Å². The number of fused-ring (bicyclic) bond motifs is 1. The summed E-state index contributed by atoms with van der Waals surface area (Å²) in [5.41, 5.74) is 2.51. The molecule has 0 heterocycles. The summed E-state index contributed by atoms with van der Waals surface area (Å²) in [6.45, 7) is 1.44. The number of carbonyl (C=O) groups is 2. The number of carbonyl (C=O) groups excluding carboxylic acids is 2. The molecule has 0 fully saturated rings. The van der Waals surface area contributed by atoms with Crippen molar-refractivity contribution < 1.29 is 14.3 Å². The van der Waals surface area contributed by atoms with Crippen molar-refractivity contribution in [1.82, 2.24) is 4.90 Å². The molecule has 1 N–H and O–H groups in total. The molecule has 0 atom stereocenters. The molecule has 3 rings (SSSR count). The fourth-order valence-corrected chi connectivity index (χ4v) is 2.89. The van der Waals surface area contributed by atoms with E-state index in [1.807, 2.05) is 60.7 Å². The Morgan fingerprint density at radius 3 is 2.52 bits per heavy atom. The molecule has 0 saturated heterocycles. The van der Waals surface area contributed by atoms with Crippen molar-refractivity contribution in [2.24, 2.45) is 0 Å².